The van der Waals surface area contributed by atoms with E-state index in [2.05, 4.69) is 26.1 Å². The highest BCUT2D eigenvalue weighted by atomic mass is 16.5. The van der Waals surface area contributed by atoms with Gasteiger partial charge in [-0.3, -0.25) is 4.79 Å². The zero-order valence-corrected chi connectivity index (χ0v) is 12.0. The molecule has 0 saturated carbocycles. The topological polar surface area (TPSA) is 38.3 Å². The Kier molecular flexibility index (Phi) is 6.72. The molecule has 104 valence electrons. The average molecular weight is 261 g/mol. The quantitative estimate of drug-likeness (QED) is 0.765. The molecule has 1 aromatic rings. The van der Waals surface area contributed by atoms with Gasteiger partial charge in [-0.15, -0.1) is 0 Å². The van der Waals surface area contributed by atoms with Crippen molar-refractivity contribution in [3.8, 4) is 5.75 Å². The van der Waals surface area contributed by atoms with Crippen LogP contribution in [0.5, 0.6) is 5.75 Å². The lowest BCUT2D eigenvalue weighted by molar-refractivity contribution is -0.116. The Balaban J connectivity index is 2.45. The minimum atomic E-state index is -0.0555. The number of amides is 1. The molecule has 0 heterocycles. The lowest BCUT2D eigenvalue weighted by atomic mass is 10.2. The monoisotopic (exact) mass is 261 g/mol. The molecule has 0 bridgehead atoms. The number of nitrogens with one attached hydrogen (secondary N) is 1. The number of benzene rings is 1. The maximum Gasteiger partial charge on any atom is 0.244 e. The van der Waals surface area contributed by atoms with Crippen LogP contribution < -0.4 is 10.1 Å². The molecular formula is C16H23NO2. The van der Waals surface area contributed by atoms with E-state index in [-0.39, 0.29) is 5.91 Å². The second-order valence-electron chi connectivity index (χ2n) is 4.89. The van der Waals surface area contributed by atoms with Gasteiger partial charge in [-0.05, 0) is 36.1 Å². The second-order valence-corrected chi connectivity index (χ2v) is 4.89. The summed E-state index contributed by atoms with van der Waals surface area (Å²) in [5.74, 6) is 1.27. The molecule has 0 saturated heterocycles. The number of hydrogen-bond donors (Lipinski definition) is 1. The summed E-state index contributed by atoms with van der Waals surface area (Å²) < 4.78 is 5.50. The van der Waals surface area contributed by atoms with Crippen molar-refractivity contribution >= 4 is 12.0 Å². The highest BCUT2D eigenvalue weighted by Crippen LogP contribution is 2.13. The average Bonchev–Trinajstić information content (AvgIpc) is 2.41. The van der Waals surface area contributed by atoms with E-state index < -0.39 is 0 Å². The Morgan fingerprint density at radius 2 is 2.00 bits per heavy atom. The van der Waals surface area contributed by atoms with Crippen LogP contribution in [-0.4, -0.2) is 19.1 Å². The van der Waals surface area contributed by atoms with E-state index in [0.29, 0.717) is 12.5 Å². The second kappa shape index (κ2) is 8.35. The van der Waals surface area contributed by atoms with E-state index in [1.807, 2.05) is 24.3 Å². The molecule has 1 amide bonds. The molecule has 0 unspecified atom stereocenters. The SMILES string of the molecule is CCCOc1ccc(C=CC(=O)NCC(C)C)cc1. The highest BCUT2D eigenvalue weighted by molar-refractivity contribution is 5.91. The van der Waals surface area contributed by atoms with Gasteiger partial charge < -0.3 is 10.1 Å². The molecule has 1 aromatic carbocycles. The third-order valence-corrected chi connectivity index (χ3v) is 2.46. The number of carbonyl (C=O) groups excluding carboxylic acids is 1. The minimum Gasteiger partial charge on any atom is -0.494 e. The minimum absolute atomic E-state index is 0.0555. The van der Waals surface area contributed by atoms with Crippen molar-refractivity contribution in [2.75, 3.05) is 13.2 Å². The molecule has 0 aliphatic rings. The maximum atomic E-state index is 11.5. The Hall–Kier alpha value is -1.77. The van der Waals surface area contributed by atoms with Crippen molar-refractivity contribution in [1.82, 2.24) is 5.32 Å². The van der Waals surface area contributed by atoms with Crippen LogP contribution in [0.1, 0.15) is 32.8 Å². The van der Waals surface area contributed by atoms with Crippen molar-refractivity contribution in [3.63, 3.8) is 0 Å². The smallest absolute Gasteiger partial charge is 0.244 e. The molecule has 0 aliphatic heterocycles. The normalized spacial score (nSPS) is 10.9. The summed E-state index contributed by atoms with van der Waals surface area (Å²) in [5.41, 5.74) is 0.989. The highest BCUT2D eigenvalue weighted by Gasteiger charge is 1.97. The van der Waals surface area contributed by atoms with Crippen LogP contribution in [0, 0.1) is 5.92 Å². The van der Waals surface area contributed by atoms with E-state index in [0.717, 1.165) is 24.3 Å². The van der Waals surface area contributed by atoms with Gasteiger partial charge in [0.1, 0.15) is 5.75 Å². The fourth-order valence-electron chi connectivity index (χ4n) is 1.43. The van der Waals surface area contributed by atoms with Crippen LogP contribution in [0.4, 0.5) is 0 Å². The number of hydrogen-bond acceptors (Lipinski definition) is 2. The summed E-state index contributed by atoms with van der Waals surface area (Å²) in [6.07, 6.45) is 4.36. The lowest BCUT2D eigenvalue weighted by Crippen LogP contribution is -2.25. The number of carbonyl (C=O) groups is 1. The summed E-state index contributed by atoms with van der Waals surface area (Å²) in [5, 5.41) is 2.84. The molecular weight excluding hydrogens is 238 g/mol. The third kappa shape index (κ3) is 6.65. The van der Waals surface area contributed by atoms with Crippen molar-refractivity contribution in [3.05, 3.63) is 35.9 Å². The Bertz CT molecular complexity index is 407. The maximum absolute atomic E-state index is 11.5. The lowest BCUT2D eigenvalue weighted by Gasteiger charge is -2.05. The van der Waals surface area contributed by atoms with Crippen molar-refractivity contribution in [1.29, 1.82) is 0 Å². The molecule has 1 rings (SSSR count). The molecule has 3 heteroatoms. The van der Waals surface area contributed by atoms with Crippen LogP contribution in [0.3, 0.4) is 0 Å². The molecule has 0 fully saturated rings. The summed E-state index contributed by atoms with van der Waals surface area (Å²) in [7, 11) is 0. The van der Waals surface area contributed by atoms with Gasteiger partial charge in [-0.2, -0.15) is 0 Å². The van der Waals surface area contributed by atoms with E-state index >= 15 is 0 Å². The molecule has 19 heavy (non-hydrogen) atoms. The van der Waals surface area contributed by atoms with E-state index in [1.165, 1.54) is 0 Å². The predicted octanol–water partition coefficient (Wildman–Crippen LogP) is 3.26. The van der Waals surface area contributed by atoms with E-state index in [4.69, 9.17) is 4.74 Å². The van der Waals surface area contributed by atoms with Crippen LogP contribution in [0.25, 0.3) is 6.08 Å². The Labute approximate surface area is 115 Å². The van der Waals surface area contributed by atoms with Crippen molar-refractivity contribution in [2.45, 2.75) is 27.2 Å². The standard InChI is InChI=1S/C16H23NO2/c1-4-11-19-15-8-5-14(6-9-15)7-10-16(18)17-12-13(2)3/h5-10,13H,4,11-12H2,1-3H3,(H,17,18). The first-order valence-corrected chi connectivity index (χ1v) is 6.80. The zero-order valence-electron chi connectivity index (χ0n) is 12.0. The third-order valence-electron chi connectivity index (χ3n) is 2.46. The summed E-state index contributed by atoms with van der Waals surface area (Å²) in [6.45, 7) is 7.64. The molecule has 3 nitrogen and oxygen atoms in total. The fraction of sp³-hybridized carbons (Fsp3) is 0.438. The Morgan fingerprint density at radius 3 is 2.58 bits per heavy atom. The van der Waals surface area contributed by atoms with E-state index in [1.54, 1.807) is 12.2 Å². The van der Waals surface area contributed by atoms with Gasteiger partial charge in [0.05, 0.1) is 6.61 Å². The van der Waals surface area contributed by atoms with E-state index in [9.17, 15) is 4.79 Å². The first-order chi connectivity index (χ1) is 9.11. The van der Waals surface area contributed by atoms with Crippen LogP contribution >= 0.6 is 0 Å². The first kappa shape index (κ1) is 15.3. The molecule has 0 atom stereocenters. The van der Waals surface area contributed by atoms with Gasteiger partial charge in [0.2, 0.25) is 5.91 Å². The molecule has 0 aliphatic carbocycles. The zero-order chi connectivity index (χ0) is 14.1. The van der Waals surface area contributed by atoms with Crippen LogP contribution in [0.2, 0.25) is 0 Å². The van der Waals surface area contributed by atoms with Crippen molar-refractivity contribution in [2.24, 2.45) is 5.92 Å². The molecule has 0 aromatic heterocycles. The van der Waals surface area contributed by atoms with Crippen LogP contribution in [0.15, 0.2) is 30.3 Å². The van der Waals surface area contributed by atoms with Crippen molar-refractivity contribution < 1.29 is 9.53 Å². The number of ether oxygens (including phenoxy) is 1. The molecule has 1 N–H and O–H groups in total. The predicted molar refractivity (Wildman–Crippen MR) is 79.1 cm³/mol. The summed E-state index contributed by atoms with van der Waals surface area (Å²) in [6, 6.07) is 7.72. The molecule has 0 radical (unpaired) electrons. The van der Waals surface area contributed by atoms with Crippen LogP contribution in [-0.2, 0) is 4.79 Å². The van der Waals surface area contributed by atoms with Gasteiger partial charge in [-0.1, -0.05) is 32.9 Å². The summed E-state index contributed by atoms with van der Waals surface area (Å²) in [4.78, 5) is 11.5. The Morgan fingerprint density at radius 1 is 1.32 bits per heavy atom. The van der Waals surface area contributed by atoms with Gasteiger partial charge >= 0.3 is 0 Å². The molecule has 0 spiro atoms. The van der Waals surface area contributed by atoms with Gasteiger partial charge in [0, 0.05) is 12.6 Å². The fourth-order valence-corrected chi connectivity index (χ4v) is 1.43. The van der Waals surface area contributed by atoms with Gasteiger partial charge in [0.15, 0.2) is 0 Å². The number of rotatable bonds is 7. The largest absolute Gasteiger partial charge is 0.494 e. The van der Waals surface area contributed by atoms with Gasteiger partial charge in [0.25, 0.3) is 0 Å². The van der Waals surface area contributed by atoms with Gasteiger partial charge in [-0.25, -0.2) is 0 Å². The summed E-state index contributed by atoms with van der Waals surface area (Å²) >= 11 is 0. The first-order valence-electron chi connectivity index (χ1n) is 6.80.